The first-order valence-electron chi connectivity index (χ1n) is 6.62. The lowest BCUT2D eigenvalue weighted by Crippen LogP contribution is -2.30. The van der Waals surface area contributed by atoms with Crippen LogP contribution < -0.4 is 5.32 Å². The number of rotatable bonds is 4. The Bertz CT molecular complexity index is 715. The summed E-state index contributed by atoms with van der Waals surface area (Å²) in [5.74, 6) is -1.25. The van der Waals surface area contributed by atoms with E-state index in [1.807, 2.05) is 0 Å². The van der Waals surface area contributed by atoms with Crippen molar-refractivity contribution in [2.24, 2.45) is 0 Å². The van der Waals surface area contributed by atoms with Crippen molar-refractivity contribution in [3.05, 3.63) is 52.0 Å². The second-order valence-electron chi connectivity index (χ2n) is 4.74. The summed E-state index contributed by atoms with van der Waals surface area (Å²) in [4.78, 5) is 31.8. The number of hydrogen-bond acceptors (Lipinski definition) is 5. The van der Waals surface area contributed by atoms with Crippen LogP contribution in [0.1, 0.15) is 23.1 Å². The van der Waals surface area contributed by atoms with Gasteiger partial charge in [-0.25, -0.2) is 9.78 Å². The number of amides is 1. The van der Waals surface area contributed by atoms with E-state index in [4.69, 9.17) is 27.9 Å². The van der Waals surface area contributed by atoms with Crippen molar-refractivity contribution < 1.29 is 14.3 Å². The zero-order chi connectivity index (χ0) is 17.0. The fourth-order valence-corrected chi connectivity index (χ4v) is 2.17. The maximum Gasteiger partial charge on any atom is 0.359 e. The van der Waals surface area contributed by atoms with Gasteiger partial charge >= 0.3 is 5.97 Å². The fourth-order valence-electron chi connectivity index (χ4n) is 1.64. The van der Waals surface area contributed by atoms with E-state index in [1.54, 1.807) is 6.92 Å². The Hall–Kier alpha value is -2.18. The number of nitrogens with one attached hydrogen (secondary N) is 1. The van der Waals surface area contributed by atoms with E-state index in [2.05, 4.69) is 15.3 Å². The third-order valence-electron chi connectivity index (χ3n) is 2.77. The molecule has 1 aromatic heterocycles. The number of ether oxygens (including phenoxy) is 1. The van der Waals surface area contributed by atoms with Gasteiger partial charge in [0.25, 0.3) is 5.91 Å². The molecule has 0 saturated carbocycles. The molecular formula is C15H13Cl2N3O3. The number of carbonyl (C=O) groups is 2. The average molecular weight is 354 g/mol. The third kappa shape index (κ3) is 4.91. The van der Waals surface area contributed by atoms with Crippen LogP contribution in [-0.4, -0.2) is 27.9 Å². The molecule has 1 heterocycles. The van der Waals surface area contributed by atoms with E-state index < -0.39 is 18.0 Å². The average Bonchev–Trinajstić information content (AvgIpc) is 2.46. The summed E-state index contributed by atoms with van der Waals surface area (Å²) in [5.41, 5.74) is 1.11. The van der Waals surface area contributed by atoms with Crippen molar-refractivity contribution in [2.45, 2.75) is 20.0 Å². The van der Waals surface area contributed by atoms with Crippen LogP contribution in [0.15, 0.2) is 30.6 Å². The minimum atomic E-state index is -1.02. The van der Waals surface area contributed by atoms with Crippen LogP contribution in [0.5, 0.6) is 0 Å². The minimum Gasteiger partial charge on any atom is -0.448 e. The Morgan fingerprint density at radius 3 is 2.35 bits per heavy atom. The van der Waals surface area contributed by atoms with Crippen molar-refractivity contribution in [3.63, 3.8) is 0 Å². The number of carbonyl (C=O) groups excluding carboxylic acids is 2. The van der Waals surface area contributed by atoms with Crippen molar-refractivity contribution >= 4 is 40.8 Å². The second kappa shape index (κ2) is 7.39. The van der Waals surface area contributed by atoms with E-state index >= 15 is 0 Å². The maximum absolute atomic E-state index is 12.0. The minimum absolute atomic E-state index is 0.0288. The highest BCUT2D eigenvalue weighted by Gasteiger charge is 2.20. The summed E-state index contributed by atoms with van der Waals surface area (Å²) in [7, 11) is 0. The first-order valence-corrected chi connectivity index (χ1v) is 7.37. The lowest BCUT2D eigenvalue weighted by molar-refractivity contribution is -0.123. The van der Waals surface area contributed by atoms with Crippen LogP contribution >= 0.6 is 23.2 Å². The lowest BCUT2D eigenvalue weighted by Gasteiger charge is -2.13. The Labute approximate surface area is 142 Å². The smallest absolute Gasteiger partial charge is 0.359 e. The van der Waals surface area contributed by atoms with Crippen LogP contribution in [0.25, 0.3) is 0 Å². The first-order chi connectivity index (χ1) is 10.8. The van der Waals surface area contributed by atoms with Gasteiger partial charge in [-0.3, -0.25) is 9.78 Å². The first kappa shape index (κ1) is 17.2. The van der Waals surface area contributed by atoms with Gasteiger partial charge in [0.15, 0.2) is 11.8 Å². The predicted octanol–water partition coefficient (Wildman–Crippen LogP) is 3.28. The molecule has 1 atom stereocenters. The summed E-state index contributed by atoms with van der Waals surface area (Å²) in [6, 6.07) is 4.61. The highest BCUT2D eigenvalue weighted by Crippen LogP contribution is 2.22. The molecule has 0 aliphatic carbocycles. The van der Waals surface area contributed by atoms with Gasteiger partial charge in [0, 0.05) is 21.9 Å². The Morgan fingerprint density at radius 1 is 1.13 bits per heavy atom. The molecule has 23 heavy (non-hydrogen) atoms. The van der Waals surface area contributed by atoms with Gasteiger partial charge in [-0.15, -0.1) is 0 Å². The van der Waals surface area contributed by atoms with Crippen LogP contribution in [0.3, 0.4) is 0 Å². The van der Waals surface area contributed by atoms with Gasteiger partial charge in [-0.2, -0.15) is 0 Å². The van der Waals surface area contributed by atoms with Gasteiger partial charge in [0.1, 0.15) is 0 Å². The molecule has 120 valence electrons. The third-order valence-corrected chi connectivity index (χ3v) is 3.21. The number of nitrogens with zero attached hydrogens (tertiary/aromatic N) is 2. The number of anilines is 1. The number of halogens is 2. The fraction of sp³-hybridized carbons (Fsp3) is 0.200. The molecule has 1 amide bonds. The molecule has 6 nitrogen and oxygen atoms in total. The molecule has 0 spiro atoms. The molecule has 0 fully saturated rings. The maximum atomic E-state index is 12.0. The lowest BCUT2D eigenvalue weighted by atomic mass is 10.3. The van der Waals surface area contributed by atoms with Gasteiger partial charge < -0.3 is 10.1 Å². The van der Waals surface area contributed by atoms with Crippen LogP contribution in [0.4, 0.5) is 5.69 Å². The Kier molecular flexibility index (Phi) is 5.52. The molecule has 0 saturated heterocycles. The van der Waals surface area contributed by atoms with E-state index in [1.165, 1.54) is 37.5 Å². The number of aryl methyl sites for hydroxylation is 1. The van der Waals surface area contributed by atoms with Gasteiger partial charge in [0.05, 0.1) is 11.9 Å². The number of benzene rings is 1. The van der Waals surface area contributed by atoms with E-state index in [0.29, 0.717) is 21.4 Å². The van der Waals surface area contributed by atoms with Crippen molar-refractivity contribution in [1.29, 1.82) is 0 Å². The molecule has 0 unspecified atom stereocenters. The summed E-state index contributed by atoms with van der Waals surface area (Å²) >= 11 is 11.7. The summed E-state index contributed by atoms with van der Waals surface area (Å²) < 4.78 is 5.05. The van der Waals surface area contributed by atoms with E-state index in [9.17, 15) is 9.59 Å². The number of esters is 1. The zero-order valence-corrected chi connectivity index (χ0v) is 13.9. The second-order valence-corrected chi connectivity index (χ2v) is 5.61. The summed E-state index contributed by atoms with van der Waals surface area (Å²) in [6.07, 6.45) is 1.71. The Morgan fingerprint density at radius 2 is 1.78 bits per heavy atom. The largest absolute Gasteiger partial charge is 0.448 e. The highest BCUT2D eigenvalue weighted by atomic mass is 35.5. The van der Waals surface area contributed by atoms with Crippen molar-refractivity contribution in [2.75, 3.05) is 5.32 Å². The molecule has 8 heteroatoms. The highest BCUT2D eigenvalue weighted by molar-refractivity contribution is 6.35. The molecule has 0 radical (unpaired) electrons. The summed E-state index contributed by atoms with van der Waals surface area (Å²) in [6.45, 7) is 3.19. The molecule has 1 aromatic carbocycles. The molecule has 0 aliphatic rings. The number of aromatic nitrogens is 2. The van der Waals surface area contributed by atoms with Gasteiger partial charge in [-0.05, 0) is 32.0 Å². The molecular weight excluding hydrogens is 341 g/mol. The van der Waals surface area contributed by atoms with E-state index in [0.717, 1.165) is 0 Å². The molecule has 1 N–H and O–H groups in total. The van der Waals surface area contributed by atoms with Crippen molar-refractivity contribution in [3.8, 4) is 0 Å². The standard InChI is InChI=1S/C15H13Cl2N3O3/c1-8-6-19-13(7-18-8)15(22)23-9(2)14(21)20-12-4-10(16)3-11(17)5-12/h3-7,9H,1-2H3,(H,20,21)/t9-/m1/s1. The van der Waals surface area contributed by atoms with Crippen LogP contribution in [0, 0.1) is 6.92 Å². The monoisotopic (exact) mass is 353 g/mol. The number of hydrogen-bond donors (Lipinski definition) is 1. The Balaban J connectivity index is 1.99. The van der Waals surface area contributed by atoms with Gasteiger partial charge in [0.2, 0.25) is 0 Å². The molecule has 0 aliphatic heterocycles. The zero-order valence-electron chi connectivity index (χ0n) is 12.3. The molecule has 2 rings (SSSR count). The van der Waals surface area contributed by atoms with Crippen molar-refractivity contribution in [1.82, 2.24) is 9.97 Å². The van der Waals surface area contributed by atoms with Crippen LogP contribution in [0.2, 0.25) is 10.0 Å². The quantitative estimate of drug-likeness (QED) is 0.853. The normalized spacial score (nSPS) is 11.7. The predicted molar refractivity (Wildman–Crippen MR) is 86.7 cm³/mol. The SMILES string of the molecule is Cc1cnc(C(=O)O[C@H](C)C(=O)Nc2cc(Cl)cc(Cl)c2)cn1. The van der Waals surface area contributed by atoms with E-state index in [-0.39, 0.29) is 5.69 Å². The topological polar surface area (TPSA) is 81.2 Å². The molecule has 2 aromatic rings. The molecule has 0 bridgehead atoms. The van der Waals surface area contributed by atoms with Crippen LogP contribution in [-0.2, 0) is 9.53 Å². The summed E-state index contributed by atoms with van der Waals surface area (Å²) in [5, 5.41) is 3.33. The van der Waals surface area contributed by atoms with Gasteiger partial charge in [-0.1, -0.05) is 23.2 Å².